The lowest BCUT2D eigenvalue weighted by Gasteiger charge is -2.08. The van der Waals surface area contributed by atoms with Crippen LogP contribution in [0.4, 0.5) is 11.4 Å². The largest absolute Gasteiger partial charge is 0.482 e. The Labute approximate surface area is 172 Å². The summed E-state index contributed by atoms with van der Waals surface area (Å²) in [5.41, 5.74) is 2.16. The maximum absolute atomic E-state index is 11.8. The monoisotopic (exact) mass is 406 g/mol. The molecule has 1 amide bonds. The highest BCUT2D eigenvalue weighted by atomic mass is 16.6. The minimum Gasteiger partial charge on any atom is -0.482 e. The lowest BCUT2D eigenvalue weighted by Crippen LogP contribution is -2.23. The Morgan fingerprint density at radius 2 is 1.57 bits per heavy atom. The third kappa shape index (κ3) is 5.90. The maximum Gasteiger partial charge on any atom is 0.344 e. The number of ether oxygens (including phenoxy) is 2. The third-order valence-corrected chi connectivity index (χ3v) is 4.02. The van der Waals surface area contributed by atoms with Crippen LogP contribution >= 0.6 is 0 Å². The van der Waals surface area contributed by atoms with E-state index >= 15 is 0 Å². The number of esters is 1. The van der Waals surface area contributed by atoms with Crippen molar-refractivity contribution in [3.05, 3.63) is 89.0 Å². The molecule has 0 radical (unpaired) electrons. The quantitative estimate of drug-likeness (QED) is 0.346. The molecule has 0 aromatic heterocycles. The summed E-state index contributed by atoms with van der Waals surface area (Å²) in [6, 6.07) is 22.5. The molecule has 0 heterocycles. The summed E-state index contributed by atoms with van der Waals surface area (Å²) in [6.45, 7) is -0.882. The van der Waals surface area contributed by atoms with E-state index in [1.54, 1.807) is 12.1 Å². The van der Waals surface area contributed by atoms with Crippen LogP contribution in [0.15, 0.2) is 78.9 Å². The fourth-order valence-corrected chi connectivity index (χ4v) is 2.60. The van der Waals surface area contributed by atoms with Crippen LogP contribution in [0.3, 0.4) is 0 Å². The van der Waals surface area contributed by atoms with Gasteiger partial charge >= 0.3 is 5.97 Å². The first kappa shape index (κ1) is 20.5. The first-order valence-electron chi connectivity index (χ1n) is 8.99. The van der Waals surface area contributed by atoms with Gasteiger partial charge in [-0.1, -0.05) is 48.5 Å². The van der Waals surface area contributed by atoms with Gasteiger partial charge in [0.05, 0.1) is 4.92 Å². The van der Waals surface area contributed by atoms with Gasteiger partial charge in [0, 0.05) is 17.8 Å². The molecule has 3 aromatic rings. The number of carbonyl (C=O) groups is 2. The second-order valence-corrected chi connectivity index (χ2v) is 6.20. The van der Waals surface area contributed by atoms with Crippen LogP contribution in [0.1, 0.15) is 0 Å². The Morgan fingerprint density at radius 1 is 0.867 bits per heavy atom. The Morgan fingerprint density at radius 3 is 2.27 bits per heavy atom. The van der Waals surface area contributed by atoms with E-state index in [9.17, 15) is 19.7 Å². The fourth-order valence-electron chi connectivity index (χ4n) is 2.60. The zero-order valence-electron chi connectivity index (χ0n) is 15.8. The van der Waals surface area contributed by atoms with E-state index in [0.29, 0.717) is 5.75 Å². The smallest absolute Gasteiger partial charge is 0.344 e. The number of amides is 1. The number of nitro groups is 1. The average Bonchev–Trinajstić information content (AvgIpc) is 2.77. The van der Waals surface area contributed by atoms with Gasteiger partial charge in [0.2, 0.25) is 0 Å². The van der Waals surface area contributed by atoms with Gasteiger partial charge in [0.1, 0.15) is 5.75 Å². The van der Waals surface area contributed by atoms with Crippen molar-refractivity contribution in [1.82, 2.24) is 0 Å². The first-order valence-corrected chi connectivity index (χ1v) is 8.99. The molecule has 8 nitrogen and oxygen atoms in total. The fraction of sp³-hybridized carbons (Fsp3) is 0.0909. The normalized spacial score (nSPS) is 10.1. The molecule has 0 bridgehead atoms. The number of nitrogens with one attached hydrogen (secondary N) is 1. The summed E-state index contributed by atoms with van der Waals surface area (Å²) in [7, 11) is 0. The highest BCUT2D eigenvalue weighted by molar-refractivity contribution is 5.93. The molecule has 0 saturated heterocycles. The predicted octanol–water partition coefficient (Wildman–Crippen LogP) is 3.82. The molecule has 0 spiro atoms. The topological polar surface area (TPSA) is 108 Å². The van der Waals surface area contributed by atoms with Crippen LogP contribution in [-0.4, -0.2) is 30.0 Å². The Balaban J connectivity index is 1.43. The molecule has 0 aliphatic heterocycles. The molecule has 0 aliphatic rings. The molecule has 3 aromatic carbocycles. The van der Waals surface area contributed by atoms with Crippen molar-refractivity contribution in [2.24, 2.45) is 0 Å². The minimum atomic E-state index is -0.712. The van der Waals surface area contributed by atoms with Gasteiger partial charge < -0.3 is 14.8 Å². The number of hydrogen-bond donors (Lipinski definition) is 1. The van der Waals surface area contributed by atoms with Gasteiger partial charge in [-0.05, 0) is 29.3 Å². The van der Waals surface area contributed by atoms with E-state index in [0.717, 1.165) is 11.1 Å². The van der Waals surface area contributed by atoms with Crippen molar-refractivity contribution in [2.75, 3.05) is 18.5 Å². The third-order valence-electron chi connectivity index (χ3n) is 4.02. The molecule has 0 unspecified atom stereocenters. The van der Waals surface area contributed by atoms with Gasteiger partial charge in [-0.2, -0.15) is 0 Å². The predicted molar refractivity (Wildman–Crippen MR) is 110 cm³/mol. The molecule has 1 N–H and O–H groups in total. The Bertz CT molecular complexity index is 1040. The van der Waals surface area contributed by atoms with Crippen molar-refractivity contribution in [1.29, 1.82) is 0 Å². The number of carbonyl (C=O) groups excluding carboxylic acids is 2. The molecular weight excluding hydrogens is 388 g/mol. The molecule has 3 rings (SSSR count). The number of nitrogens with zero attached hydrogens (tertiary/aromatic N) is 1. The summed E-state index contributed by atoms with van der Waals surface area (Å²) in [4.78, 5) is 33.8. The average molecular weight is 406 g/mol. The summed E-state index contributed by atoms with van der Waals surface area (Å²) in [5.74, 6) is -0.833. The van der Waals surface area contributed by atoms with Crippen molar-refractivity contribution < 1.29 is 24.0 Å². The Hall–Kier alpha value is -4.20. The summed E-state index contributed by atoms with van der Waals surface area (Å²) in [6.07, 6.45) is 0. The zero-order chi connectivity index (χ0) is 21.3. The molecular formula is C22H18N2O6. The number of non-ortho nitro benzene ring substituents is 1. The second-order valence-electron chi connectivity index (χ2n) is 6.20. The number of nitro benzene ring substituents is 1. The van der Waals surface area contributed by atoms with E-state index < -0.39 is 23.4 Å². The lowest BCUT2D eigenvalue weighted by molar-refractivity contribution is -0.384. The number of rotatable bonds is 8. The maximum atomic E-state index is 11.8. The van der Waals surface area contributed by atoms with Crippen molar-refractivity contribution >= 4 is 23.3 Å². The summed E-state index contributed by atoms with van der Waals surface area (Å²) >= 11 is 0. The number of benzene rings is 3. The van der Waals surface area contributed by atoms with Gasteiger partial charge in [-0.15, -0.1) is 0 Å². The van der Waals surface area contributed by atoms with Crippen molar-refractivity contribution in [3.63, 3.8) is 0 Å². The number of hydrogen-bond acceptors (Lipinski definition) is 6. The van der Waals surface area contributed by atoms with Gasteiger partial charge in [0.15, 0.2) is 13.2 Å². The highest BCUT2D eigenvalue weighted by Gasteiger charge is 2.11. The molecule has 30 heavy (non-hydrogen) atoms. The van der Waals surface area contributed by atoms with Crippen LogP contribution in [0.2, 0.25) is 0 Å². The van der Waals surface area contributed by atoms with E-state index in [1.165, 1.54) is 24.3 Å². The molecule has 0 atom stereocenters. The van der Waals surface area contributed by atoms with E-state index in [-0.39, 0.29) is 18.0 Å². The molecule has 8 heteroatoms. The molecule has 0 fully saturated rings. The Kier molecular flexibility index (Phi) is 6.73. The summed E-state index contributed by atoms with van der Waals surface area (Å²) in [5, 5.41) is 13.2. The van der Waals surface area contributed by atoms with Gasteiger partial charge in [0.25, 0.3) is 11.6 Å². The molecule has 152 valence electrons. The van der Waals surface area contributed by atoms with E-state index in [1.807, 2.05) is 42.5 Å². The number of anilines is 1. The van der Waals surface area contributed by atoms with Crippen molar-refractivity contribution in [2.45, 2.75) is 0 Å². The molecule has 0 saturated carbocycles. The SMILES string of the molecule is O=C(COC(=O)COc1ccc(-c2ccccc2)cc1)Nc1cccc([N+](=O)[O-])c1. The second kappa shape index (κ2) is 9.83. The zero-order valence-corrected chi connectivity index (χ0v) is 15.8. The van der Waals surface area contributed by atoms with E-state index in [4.69, 9.17) is 9.47 Å². The van der Waals surface area contributed by atoms with Crippen LogP contribution in [0.5, 0.6) is 5.75 Å². The minimum absolute atomic E-state index is 0.156. The first-order chi connectivity index (χ1) is 14.5. The van der Waals surface area contributed by atoms with Crippen LogP contribution < -0.4 is 10.1 Å². The summed E-state index contributed by atoms with van der Waals surface area (Å²) < 4.78 is 10.2. The lowest BCUT2D eigenvalue weighted by atomic mass is 10.1. The highest BCUT2D eigenvalue weighted by Crippen LogP contribution is 2.22. The van der Waals surface area contributed by atoms with Crippen LogP contribution in [0, 0.1) is 10.1 Å². The van der Waals surface area contributed by atoms with Crippen molar-refractivity contribution in [3.8, 4) is 16.9 Å². The standard InChI is InChI=1S/C22H18N2O6/c25-21(23-18-7-4-8-19(13-18)24(27)28)14-30-22(26)15-29-20-11-9-17(10-12-20)16-5-2-1-3-6-16/h1-13H,14-15H2,(H,23,25). The van der Waals surface area contributed by atoms with Gasteiger partial charge in [-0.25, -0.2) is 4.79 Å². The van der Waals surface area contributed by atoms with Gasteiger partial charge in [-0.3, -0.25) is 14.9 Å². The van der Waals surface area contributed by atoms with E-state index in [2.05, 4.69) is 5.32 Å². The van der Waals surface area contributed by atoms with Crippen LogP contribution in [0.25, 0.3) is 11.1 Å². The molecule has 0 aliphatic carbocycles. The van der Waals surface area contributed by atoms with Crippen LogP contribution in [-0.2, 0) is 14.3 Å².